The van der Waals surface area contributed by atoms with Crippen LogP contribution in [0, 0.1) is 11.7 Å². The van der Waals surface area contributed by atoms with E-state index in [4.69, 9.17) is 28.3 Å². The van der Waals surface area contributed by atoms with Crippen LogP contribution in [0.4, 0.5) is 5.13 Å². The van der Waals surface area contributed by atoms with Crippen molar-refractivity contribution in [3.05, 3.63) is 64.2 Å². The van der Waals surface area contributed by atoms with Gasteiger partial charge in [0.1, 0.15) is 0 Å². The fourth-order valence-electron chi connectivity index (χ4n) is 2.74. The number of anilines is 1. The molecule has 1 aromatic carbocycles. The van der Waals surface area contributed by atoms with Gasteiger partial charge in [-0.25, -0.2) is 4.98 Å². The van der Waals surface area contributed by atoms with Crippen molar-refractivity contribution in [2.75, 3.05) is 5.32 Å². The molecule has 3 aromatic heterocycles. The summed E-state index contributed by atoms with van der Waals surface area (Å²) in [7, 11) is 0. The lowest BCUT2D eigenvalue weighted by atomic mass is 10.1. The molecule has 0 fully saturated rings. The van der Waals surface area contributed by atoms with Crippen LogP contribution in [-0.2, 0) is 6.54 Å². The Morgan fingerprint density at radius 1 is 1.43 bits per heavy atom. The summed E-state index contributed by atoms with van der Waals surface area (Å²) in [6.45, 7) is 6.09. The highest BCUT2D eigenvalue weighted by atomic mass is 35.5. The lowest BCUT2D eigenvalue weighted by Crippen LogP contribution is -2.11. The van der Waals surface area contributed by atoms with Crippen molar-refractivity contribution in [3.8, 4) is 22.0 Å². The van der Waals surface area contributed by atoms with Gasteiger partial charge in [0.05, 0.1) is 10.6 Å². The maximum Gasteiger partial charge on any atom is 0.279 e. The van der Waals surface area contributed by atoms with Crippen LogP contribution in [0.15, 0.2) is 47.5 Å². The van der Waals surface area contributed by atoms with Crippen LogP contribution in [-0.4, -0.2) is 30.8 Å². The van der Waals surface area contributed by atoms with Crippen LogP contribution >= 0.6 is 35.2 Å². The first-order chi connectivity index (χ1) is 14.5. The van der Waals surface area contributed by atoms with Crippen LogP contribution in [0.25, 0.3) is 22.0 Å². The molecular formula is C19H15ClN6O2S2. The van der Waals surface area contributed by atoms with E-state index < -0.39 is 5.91 Å². The molecule has 3 heterocycles. The van der Waals surface area contributed by atoms with Crippen molar-refractivity contribution in [2.24, 2.45) is 0 Å². The van der Waals surface area contributed by atoms with Crippen LogP contribution in [0.1, 0.15) is 16.2 Å². The molecule has 0 saturated heterocycles. The highest BCUT2D eigenvalue weighted by Crippen LogP contribution is 2.32. The average molecular weight is 459 g/mol. The largest absolute Gasteiger partial charge is 0.355 e. The number of rotatable bonds is 6. The third-order valence-electron chi connectivity index (χ3n) is 4.16. The first kappa shape index (κ1) is 20.2. The number of carbonyl (C=O) groups is 1. The number of nitrogens with one attached hydrogen (secondary N) is 2. The molecular weight excluding hydrogens is 444 g/mol. The molecule has 0 atom stereocenters. The van der Waals surface area contributed by atoms with Gasteiger partial charge in [0.25, 0.3) is 5.91 Å². The van der Waals surface area contributed by atoms with Gasteiger partial charge in [0, 0.05) is 23.2 Å². The van der Waals surface area contributed by atoms with E-state index in [9.17, 15) is 4.79 Å². The van der Waals surface area contributed by atoms with Crippen molar-refractivity contribution in [1.82, 2.24) is 24.9 Å². The van der Waals surface area contributed by atoms with Crippen LogP contribution in [0.5, 0.6) is 0 Å². The maximum atomic E-state index is 12.6. The van der Waals surface area contributed by atoms with E-state index in [2.05, 4.69) is 32.2 Å². The first-order valence-corrected chi connectivity index (χ1v) is 10.3. The van der Waals surface area contributed by atoms with E-state index in [0.29, 0.717) is 33.1 Å². The summed E-state index contributed by atoms with van der Waals surface area (Å²) in [6, 6.07) is 8.62. The molecule has 11 heteroatoms. The quantitative estimate of drug-likeness (QED) is 0.307. The number of hydrogen-bond acceptors (Lipinski definition) is 7. The smallest absolute Gasteiger partial charge is 0.279 e. The lowest BCUT2D eigenvalue weighted by Gasteiger charge is -2.01. The maximum absolute atomic E-state index is 12.6. The van der Waals surface area contributed by atoms with Crippen LogP contribution < -0.4 is 5.32 Å². The lowest BCUT2D eigenvalue weighted by molar-refractivity contribution is 0.101. The molecule has 0 saturated carbocycles. The molecule has 8 nitrogen and oxygen atoms in total. The van der Waals surface area contributed by atoms with Crippen molar-refractivity contribution < 1.29 is 9.32 Å². The summed E-state index contributed by atoms with van der Waals surface area (Å²) in [6.07, 6.45) is 1.73. The number of allylic oxidation sites excluding steroid dienone is 1. The molecule has 4 rings (SSSR count). The number of halogens is 1. The Labute approximate surface area is 185 Å². The second kappa shape index (κ2) is 8.34. The zero-order valence-corrected chi connectivity index (χ0v) is 18.1. The van der Waals surface area contributed by atoms with E-state index in [-0.39, 0.29) is 5.69 Å². The van der Waals surface area contributed by atoms with E-state index in [1.165, 1.54) is 11.3 Å². The van der Waals surface area contributed by atoms with E-state index >= 15 is 0 Å². The highest BCUT2D eigenvalue weighted by molar-refractivity contribution is 7.71. The number of carbonyl (C=O) groups excluding carboxylic acids is 1. The summed E-state index contributed by atoms with van der Waals surface area (Å²) >= 11 is 12.4. The molecule has 0 aliphatic carbocycles. The molecule has 4 aromatic rings. The molecule has 0 radical (unpaired) electrons. The number of aryl methyl sites for hydroxylation is 1. The number of benzene rings is 1. The number of amides is 1. The van der Waals surface area contributed by atoms with E-state index in [1.54, 1.807) is 36.4 Å². The SMILES string of the molecule is C=CCn1c(-c2sc(NC(=O)c3cc(-c4ccc(Cl)cc4)on3)nc2C)n[nH]c1=S. The van der Waals surface area contributed by atoms with Crippen molar-refractivity contribution in [3.63, 3.8) is 0 Å². The standard InChI is InChI=1S/C19H15ClN6O2S2/c1-3-8-26-16(23-24-19(26)29)15-10(2)21-18(30-15)22-17(27)13-9-14(28-25-13)11-4-6-12(20)7-5-11/h3-7,9H,1,8H2,2H3,(H,24,29)(H,21,22,27). The van der Waals surface area contributed by atoms with Gasteiger partial charge in [-0.15, -0.1) is 6.58 Å². The van der Waals surface area contributed by atoms with Gasteiger partial charge in [-0.05, 0) is 43.4 Å². The van der Waals surface area contributed by atoms with E-state index in [1.807, 2.05) is 11.5 Å². The van der Waals surface area contributed by atoms with Gasteiger partial charge in [-0.1, -0.05) is 34.2 Å². The van der Waals surface area contributed by atoms with E-state index in [0.717, 1.165) is 16.1 Å². The molecule has 0 aliphatic heterocycles. The molecule has 0 spiro atoms. The van der Waals surface area contributed by atoms with Crippen LogP contribution in [0.2, 0.25) is 5.02 Å². The van der Waals surface area contributed by atoms with Crippen LogP contribution in [0.3, 0.4) is 0 Å². The molecule has 0 unspecified atom stereocenters. The Kier molecular flexibility index (Phi) is 5.62. The Bertz CT molecular complexity index is 1290. The van der Waals surface area contributed by atoms with Gasteiger partial charge in [0.2, 0.25) is 0 Å². The van der Waals surface area contributed by atoms with Crippen molar-refractivity contribution in [1.29, 1.82) is 0 Å². The summed E-state index contributed by atoms with van der Waals surface area (Å²) in [4.78, 5) is 17.8. The predicted molar refractivity (Wildman–Crippen MR) is 118 cm³/mol. The fraction of sp³-hybridized carbons (Fsp3) is 0.105. The Morgan fingerprint density at radius 2 is 2.20 bits per heavy atom. The molecule has 152 valence electrons. The number of aromatic amines is 1. The van der Waals surface area contributed by atoms with Gasteiger partial charge in [0.15, 0.2) is 27.2 Å². The molecule has 0 aliphatic rings. The van der Waals surface area contributed by atoms with Crippen molar-refractivity contribution >= 4 is 46.2 Å². The number of hydrogen-bond donors (Lipinski definition) is 2. The highest BCUT2D eigenvalue weighted by Gasteiger charge is 2.19. The van der Waals surface area contributed by atoms with Gasteiger partial charge >= 0.3 is 0 Å². The van der Waals surface area contributed by atoms with Gasteiger partial charge in [-0.3, -0.25) is 19.8 Å². The monoisotopic (exact) mass is 458 g/mol. The third kappa shape index (κ3) is 3.97. The second-order valence-electron chi connectivity index (χ2n) is 6.22. The molecule has 2 N–H and O–H groups in total. The zero-order chi connectivity index (χ0) is 21.3. The Balaban J connectivity index is 1.55. The molecule has 0 bridgehead atoms. The summed E-state index contributed by atoms with van der Waals surface area (Å²) in [5, 5.41) is 14.7. The number of aromatic nitrogens is 5. The minimum absolute atomic E-state index is 0.142. The predicted octanol–water partition coefficient (Wildman–Crippen LogP) is 5.12. The second-order valence-corrected chi connectivity index (χ2v) is 8.04. The average Bonchev–Trinajstić information content (AvgIpc) is 3.43. The summed E-state index contributed by atoms with van der Waals surface area (Å²) in [5.74, 6) is 0.680. The molecule has 30 heavy (non-hydrogen) atoms. The minimum atomic E-state index is -0.427. The fourth-order valence-corrected chi connectivity index (χ4v) is 4.03. The number of nitrogens with zero attached hydrogens (tertiary/aromatic N) is 4. The Morgan fingerprint density at radius 3 is 2.93 bits per heavy atom. The van der Waals surface area contributed by atoms with Gasteiger partial charge in [-0.2, -0.15) is 5.10 Å². The molecule has 1 amide bonds. The minimum Gasteiger partial charge on any atom is -0.355 e. The summed E-state index contributed by atoms with van der Waals surface area (Å²) in [5.41, 5.74) is 1.63. The van der Waals surface area contributed by atoms with Crippen molar-refractivity contribution in [2.45, 2.75) is 13.5 Å². The normalized spacial score (nSPS) is 10.9. The number of H-pyrrole nitrogens is 1. The number of thiazole rings is 1. The van der Waals surface area contributed by atoms with Gasteiger partial charge < -0.3 is 4.52 Å². The summed E-state index contributed by atoms with van der Waals surface area (Å²) < 4.78 is 7.58. The Hall–Kier alpha value is -3.08. The zero-order valence-electron chi connectivity index (χ0n) is 15.7. The topological polar surface area (TPSA) is 102 Å². The third-order valence-corrected chi connectivity index (χ3v) is 5.79. The first-order valence-electron chi connectivity index (χ1n) is 8.74.